The van der Waals surface area contributed by atoms with E-state index in [0.29, 0.717) is 46.0 Å². The van der Waals surface area contributed by atoms with Crippen molar-refractivity contribution in [3.8, 4) is 11.1 Å². The highest BCUT2D eigenvalue weighted by molar-refractivity contribution is 5.79. The Morgan fingerprint density at radius 3 is 2.08 bits per heavy atom. The third-order valence-electron chi connectivity index (χ3n) is 6.65. The first-order valence-electron chi connectivity index (χ1n) is 13.6. The Hall–Kier alpha value is -2.90. The molecule has 0 spiro atoms. The fraction of sp³-hybridized carbons (Fsp3) is 0.533. The molecule has 1 aliphatic carbocycles. The predicted octanol–water partition coefficient (Wildman–Crippen LogP) is 5.71. The first kappa shape index (κ1) is 28.7. The van der Waals surface area contributed by atoms with E-state index in [1.807, 2.05) is 31.2 Å². The third kappa shape index (κ3) is 8.86. The van der Waals surface area contributed by atoms with Crippen molar-refractivity contribution in [2.75, 3.05) is 46.2 Å². The van der Waals surface area contributed by atoms with Crippen LogP contribution in [0.5, 0.6) is 0 Å². The molecule has 3 rings (SSSR count). The Morgan fingerprint density at radius 2 is 1.43 bits per heavy atom. The van der Waals surface area contributed by atoms with Gasteiger partial charge in [-0.1, -0.05) is 75.2 Å². The molecule has 0 aromatic heterocycles. The molecule has 37 heavy (non-hydrogen) atoms. The summed E-state index contributed by atoms with van der Waals surface area (Å²) in [5, 5.41) is 2.79. The second kappa shape index (κ2) is 16.0. The number of carbonyl (C=O) groups excluding carboxylic acids is 2. The van der Waals surface area contributed by atoms with Crippen molar-refractivity contribution in [1.29, 1.82) is 0 Å². The SMILES string of the molecule is CCCCC(CC)C(=O)OCCOCCOCCCNC(=O)OCC1c2ccccc2-c2ccccc21. The van der Waals surface area contributed by atoms with Crippen molar-refractivity contribution in [3.05, 3.63) is 59.7 Å². The fourth-order valence-corrected chi connectivity index (χ4v) is 4.59. The lowest BCUT2D eigenvalue weighted by molar-refractivity contribution is -0.150. The number of carbonyl (C=O) groups is 2. The van der Waals surface area contributed by atoms with Crippen LogP contribution in [0.4, 0.5) is 4.79 Å². The van der Waals surface area contributed by atoms with Crippen LogP contribution < -0.4 is 5.32 Å². The number of hydrogen-bond donors (Lipinski definition) is 1. The van der Waals surface area contributed by atoms with Crippen molar-refractivity contribution in [2.45, 2.75) is 51.9 Å². The molecule has 0 radical (unpaired) electrons. The van der Waals surface area contributed by atoms with Gasteiger partial charge in [-0.05, 0) is 41.5 Å². The summed E-state index contributed by atoms with van der Waals surface area (Å²) in [6.07, 6.45) is 4.08. The number of nitrogens with one attached hydrogen (secondary N) is 1. The molecule has 1 N–H and O–H groups in total. The Morgan fingerprint density at radius 1 is 0.811 bits per heavy atom. The zero-order valence-electron chi connectivity index (χ0n) is 22.2. The maximum atomic E-state index is 12.2. The van der Waals surface area contributed by atoms with Gasteiger partial charge in [0, 0.05) is 19.1 Å². The first-order chi connectivity index (χ1) is 18.2. The normalized spacial score (nSPS) is 13.0. The maximum Gasteiger partial charge on any atom is 0.407 e. The van der Waals surface area contributed by atoms with Gasteiger partial charge in [-0.25, -0.2) is 4.79 Å². The molecule has 0 saturated carbocycles. The number of ether oxygens (including phenoxy) is 4. The fourth-order valence-electron chi connectivity index (χ4n) is 4.59. The smallest absolute Gasteiger partial charge is 0.407 e. The van der Waals surface area contributed by atoms with Gasteiger partial charge in [-0.2, -0.15) is 0 Å². The highest BCUT2D eigenvalue weighted by Gasteiger charge is 2.28. The zero-order valence-corrected chi connectivity index (χ0v) is 22.2. The van der Waals surface area contributed by atoms with E-state index in [2.05, 4.69) is 36.5 Å². The summed E-state index contributed by atoms with van der Waals surface area (Å²) in [5.41, 5.74) is 4.81. The lowest BCUT2D eigenvalue weighted by atomic mass is 9.98. The average molecular weight is 512 g/mol. The van der Waals surface area contributed by atoms with E-state index >= 15 is 0 Å². The molecule has 7 heteroatoms. The molecule has 2 aromatic carbocycles. The number of rotatable bonds is 17. The second-order valence-corrected chi connectivity index (χ2v) is 9.25. The van der Waals surface area contributed by atoms with Crippen molar-refractivity contribution >= 4 is 12.1 Å². The molecule has 0 heterocycles. The van der Waals surface area contributed by atoms with Crippen LogP contribution in [0, 0.1) is 5.92 Å². The van der Waals surface area contributed by atoms with Crippen LogP contribution in [0.25, 0.3) is 11.1 Å². The number of esters is 1. The van der Waals surface area contributed by atoms with Gasteiger partial charge in [-0.3, -0.25) is 4.79 Å². The van der Waals surface area contributed by atoms with E-state index in [0.717, 1.165) is 25.7 Å². The Balaban J connectivity index is 1.19. The largest absolute Gasteiger partial charge is 0.463 e. The van der Waals surface area contributed by atoms with Gasteiger partial charge in [0.25, 0.3) is 0 Å². The maximum absolute atomic E-state index is 12.2. The standard InChI is InChI=1S/C30H41NO6/c1-3-5-11-23(4-2)29(32)36-21-20-35-19-18-34-17-10-16-31-30(33)37-22-28-26-14-8-6-12-24(26)25-13-7-9-15-27(25)28/h6-9,12-15,23,28H,3-5,10-11,16-22H2,1-2H3,(H,31,33). The average Bonchev–Trinajstić information content (AvgIpc) is 3.24. The first-order valence-corrected chi connectivity index (χ1v) is 13.6. The van der Waals surface area contributed by atoms with Crippen molar-refractivity contribution in [1.82, 2.24) is 5.32 Å². The van der Waals surface area contributed by atoms with Crippen LogP contribution in [0.3, 0.4) is 0 Å². The van der Waals surface area contributed by atoms with E-state index in [1.54, 1.807) is 0 Å². The summed E-state index contributed by atoms with van der Waals surface area (Å²) < 4.78 is 21.8. The minimum Gasteiger partial charge on any atom is -0.463 e. The molecule has 7 nitrogen and oxygen atoms in total. The van der Waals surface area contributed by atoms with E-state index in [-0.39, 0.29) is 24.4 Å². The Kier molecular flexibility index (Phi) is 12.4. The number of amides is 1. The minimum absolute atomic E-state index is 0.00896. The van der Waals surface area contributed by atoms with Crippen molar-refractivity contribution < 1.29 is 28.5 Å². The summed E-state index contributed by atoms with van der Waals surface area (Å²) in [5.74, 6) is -0.0795. The predicted molar refractivity (Wildman–Crippen MR) is 144 cm³/mol. The van der Waals surface area contributed by atoms with Crippen molar-refractivity contribution in [2.24, 2.45) is 5.92 Å². The van der Waals surface area contributed by atoms with Crippen LogP contribution in [-0.4, -0.2) is 58.2 Å². The van der Waals surface area contributed by atoms with Gasteiger partial charge < -0.3 is 24.3 Å². The highest BCUT2D eigenvalue weighted by Crippen LogP contribution is 2.44. The van der Waals surface area contributed by atoms with Gasteiger partial charge in [0.1, 0.15) is 13.2 Å². The minimum atomic E-state index is -0.417. The molecule has 2 aromatic rings. The van der Waals surface area contributed by atoms with Crippen LogP contribution in [0.15, 0.2) is 48.5 Å². The van der Waals surface area contributed by atoms with Gasteiger partial charge in [0.15, 0.2) is 0 Å². The van der Waals surface area contributed by atoms with Gasteiger partial charge in [0.05, 0.1) is 25.7 Å². The molecule has 0 bridgehead atoms. The summed E-state index contributed by atoms with van der Waals surface area (Å²) in [7, 11) is 0. The quantitative estimate of drug-likeness (QED) is 0.216. The molecule has 1 amide bonds. The molecular weight excluding hydrogens is 470 g/mol. The number of benzene rings is 2. The Labute approximate surface area is 220 Å². The Bertz CT molecular complexity index is 933. The van der Waals surface area contributed by atoms with Crippen LogP contribution >= 0.6 is 0 Å². The summed E-state index contributed by atoms with van der Waals surface area (Å²) >= 11 is 0. The summed E-state index contributed by atoms with van der Waals surface area (Å²) in [6.45, 7) is 6.95. The molecule has 0 fully saturated rings. The molecule has 1 aliphatic rings. The highest BCUT2D eigenvalue weighted by atomic mass is 16.6. The second-order valence-electron chi connectivity index (χ2n) is 9.25. The molecule has 1 atom stereocenters. The molecular formula is C30H41NO6. The van der Waals surface area contributed by atoms with E-state index in [9.17, 15) is 9.59 Å². The van der Waals surface area contributed by atoms with Crippen molar-refractivity contribution in [3.63, 3.8) is 0 Å². The molecule has 0 aliphatic heterocycles. The van der Waals surface area contributed by atoms with Crippen LogP contribution in [-0.2, 0) is 23.7 Å². The number of alkyl carbamates (subject to hydrolysis) is 1. The monoisotopic (exact) mass is 511 g/mol. The lowest BCUT2D eigenvalue weighted by Crippen LogP contribution is -2.27. The van der Waals surface area contributed by atoms with Crippen LogP contribution in [0.2, 0.25) is 0 Å². The van der Waals surface area contributed by atoms with E-state index < -0.39 is 6.09 Å². The third-order valence-corrected chi connectivity index (χ3v) is 6.65. The lowest BCUT2D eigenvalue weighted by Gasteiger charge is -2.14. The molecule has 1 unspecified atom stereocenters. The van der Waals surface area contributed by atoms with Gasteiger partial charge in [-0.15, -0.1) is 0 Å². The van der Waals surface area contributed by atoms with Gasteiger partial charge >= 0.3 is 12.1 Å². The summed E-state index contributed by atoms with van der Waals surface area (Å²) in [4.78, 5) is 24.2. The molecule has 0 saturated heterocycles. The van der Waals surface area contributed by atoms with Crippen LogP contribution in [0.1, 0.15) is 63.0 Å². The number of unbranched alkanes of at least 4 members (excludes halogenated alkanes) is 1. The number of hydrogen-bond acceptors (Lipinski definition) is 6. The van der Waals surface area contributed by atoms with E-state index in [4.69, 9.17) is 18.9 Å². The summed E-state index contributed by atoms with van der Waals surface area (Å²) in [6, 6.07) is 16.6. The van der Waals surface area contributed by atoms with E-state index in [1.165, 1.54) is 22.3 Å². The number of fused-ring (bicyclic) bond motifs is 3. The molecule has 202 valence electrons. The topological polar surface area (TPSA) is 83.1 Å². The zero-order chi connectivity index (χ0) is 26.3. The van der Waals surface area contributed by atoms with Gasteiger partial charge in [0.2, 0.25) is 0 Å².